The molecule has 0 unspecified atom stereocenters. The number of nitrogens with one attached hydrogen (secondary N) is 2. The van der Waals surface area contributed by atoms with Crippen LogP contribution in [0.1, 0.15) is 27.3 Å². The number of aryl methyl sites for hydroxylation is 2. The Labute approximate surface area is 141 Å². The van der Waals surface area contributed by atoms with Crippen molar-refractivity contribution >= 4 is 5.91 Å². The van der Waals surface area contributed by atoms with Crippen LogP contribution >= 0.6 is 0 Å². The molecule has 0 radical (unpaired) electrons. The average Bonchev–Trinajstić information content (AvgIpc) is 3.13. The van der Waals surface area contributed by atoms with Crippen LogP contribution in [0, 0.1) is 19.8 Å². The van der Waals surface area contributed by atoms with Gasteiger partial charge in [-0.05, 0) is 26.0 Å². The SMILES string of the molecule is Cc1n[nH]c(C)c1CN1C[C@@H](CO)[C@H](NC(=O)c2cccnc2)C1. The monoisotopic (exact) mass is 329 g/mol. The van der Waals surface area contributed by atoms with E-state index in [1.54, 1.807) is 24.5 Å². The van der Waals surface area contributed by atoms with Crippen LogP contribution < -0.4 is 5.32 Å². The highest BCUT2D eigenvalue weighted by molar-refractivity contribution is 5.94. The van der Waals surface area contributed by atoms with Crippen LogP contribution in [0.15, 0.2) is 24.5 Å². The molecule has 1 aliphatic heterocycles. The summed E-state index contributed by atoms with van der Waals surface area (Å²) in [6.45, 7) is 6.28. The summed E-state index contributed by atoms with van der Waals surface area (Å²) < 4.78 is 0. The van der Waals surface area contributed by atoms with E-state index in [1.165, 1.54) is 5.56 Å². The molecule has 2 aromatic rings. The second kappa shape index (κ2) is 7.11. The van der Waals surface area contributed by atoms with Gasteiger partial charge in [0.1, 0.15) is 0 Å². The molecule has 1 saturated heterocycles. The lowest BCUT2D eigenvalue weighted by molar-refractivity contribution is 0.0920. The number of hydrogen-bond donors (Lipinski definition) is 3. The fraction of sp³-hybridized carbons (Fsp3) is 0.471. The van der Waals surface area contributed by atoms with Crippen LogP contribution in [0.25, 0.3) is 0 Å². The molecule has 1 aliphatic rings. The van der Waals surface area contributed by atoms with E-state index in [1.807, 2.05) is 13.8 Å². The first kappa shape index (κ1) is 16.6. The predicted molar refractivity (Wildman–Crippen MR) is 89.4 cm³/mol. The van der Waals surface area contributed by atoms with E-state index >= 15 is 0 Å². The minimum atomic E-state index is -0.149. The van der Waals surface area contributed by atoms with E-state index < -0.39 is 0 Å². The summed E-state index contributed by atoms with van der Waals surface area (Å²) in [5.74, 6) is -0.123. The van der Waals surface area contributed by atoms with Crippen molar-refractivity contribution in [1.29, 1.82) is 0 Å². The molecule has 2 atom stereocenters. The molecule has 1 fully saturated rings. The second-order valence-electron chi connectivity index (χ2n) is 6.37. The Morgan fingerprint density at radius 2 is 2.29 bits per heavy atom. The number of rotatable bonds is 5. The van der Waals surface area contributed by atoms with Crippen LogP contribution in [-0.2, 0) is 6.54 Å². The van der Waals surface area contributed by atoms with Gasteiger partial charge in [0.2, 0.25) is 0 Å². The van der Waals surface area contributed by atoms with Gasteiger partial charge in [0.25, 0.3) is 5.91 Å². The number of likely N-dealkylation sites (tertiary alicyclic amines) is 1. The fourth-order valence-corrected chi connectivity index (χ4v) is 3.22. The summed E-state index contributed by atoms with van der Waals surface area (Å²) in [5, 5.41) is 19.9. The molecule has 7 nitrogen and oxygen atoms in total. The fourth-order valence-electron chi connectivity index (χ4n) is 3.22. The van der Waals surface area contributed by atoms with E-state index in [-0.39, 0.29) is 24.5 Å². The highest BCUT2D eigenvalue weighted by atomic mass is 16.3. The number of aliphatic hydroxyl groups excluding tert-OH is 1. The number of nitrogens with zero attached hydrogens (tertiary/aromatic N) is 3. The van der Waals surface area contributed by atoms with Crippen molar-refractivity contribution in [2.75, 3.05) is 19.7 Å². The van der Waals surface area contributed by atoms with Gasteiger partial charge in [0.15, 0.2) is 0 Å². The zero-order chi connectivity index (χ0) is 17.1. The molecule has 0 spiro atoms. The van der Waals surface area contributed by atoms with Crippen LogP contribution in [0.5, 0.6) is 0 Å². The first-order valence-electron chi connectivity index (χ1n) is 8.13. The summed E-state index contributed by atoms with van der Waals surface area (Å²) in [6.07, 6.45) is 3.19. The number of amides is 1. The zero-order valence-corrected chi connectivity index (χ0v) is 14.0. The molecular formula is C17H23N5O2. The lowest BCUT2D eigenvalue weighted by atomic mass is 10.0. The number of pyridine rings is 1. The van der Waals surface area contributed by atoms with Gasteiger partial charge < -0.3 is 10.4 Å². The van der Waals surface area contributed by atoms with E-state index in [0.29, 0.717) is 12.1 Å². The minimum Gasteiger partial charge on any atom is -0.396 e. The molecule has 0 aliphatic carbocycles. The molecule has 7 heteroatoms. The lowest BCUT2D eigenvalue weighted by Gasteiger charge is -2.18. The average molecular weight is 329 g/mol. The molecule has 3 N–H and O–H groups in total. The molecule has 1 amide bonds. The van der Waals surface area contributed by atoms with Crippen molar-refractivity contribution in [2.45, 2.75) is 26.4 Å². The Bertz CT molecular complexity index is 681. The third-order valence-corrected chi connectivity index (χ3v) is 4.65. The summed E-state index contributed by atoms with van der Waals surface area (Å²) in [7, 11) is 0. The number of aliphatic hydroxyl groups is 1. The van der Waals surface area contributed by atoms with Gasteiger partial charge in [-0.15, -0.1) is 0 Å². The Balaban J connectivity index is 1.65. The summed E-state index contributed by atoms with van der Waals surface area (Å²) in [6, 6.07) is 3.40. The first-order chi connectivity index (χ1) is 11.6. The van der Waals surface area contributed by atoms with Crippen molar-refractivity contribution in [2.24, 2.45) is 5.92 Å². The molecule has 24 heavy (non-hydrogen) atoms. The van der Waals surface area contributed by atoms with E-state index in [2.05, 4.69) is 25.4 Å². The van der Waals surface area contributed by atoms with Crippen molar-refractivity contribution in [1.82, 2.24) is 25.4 Å². The van der Waals surface area contributed by atoms with Crippen molar-refractivity contribution < 1.29 is 9.90 Å². The number of aromatic nitrogens is 3. The number of hydrogen-bond acceptors (Lipinski definition) is 5. The molecular weight excluding hydrogens is 306 g/mol. The van der Waals surface area contributed by atoms with E-state index in [0.717, 1.165) is 24.5 Å². The number of carbonyl (C=O) groups excluding carboxylic acids is 1. The Morgan fingerprint density at radius 3 is 2.92 bits per heavy atom. The molecule has 0 saturated carbocycles. The minimum absolute atomic E-state index is 0.0261. The quantitative estimate of drug-likeness (QED) is 0.748. The Morgan fingerprint density at radius 1 is 1.46 bits per heavy atom. The van der Waals surface area contributed by atoms with Gasteiger partial charge in [0, 0.05) is 61.9 Å². The molecule has 3 heterocycles. The molecule has 3 rings (SSSR count). The normalized spacial score (nSPS) is 21.1. The lowest BCUT2D eigenvalue weighted by Crippen LogP contribution is -2.41. The van der Waals surface area contributed by atoms with Gasteiger partial charge in [-0.3, -0.25) is 19.8 Å². The number of H-pyrrole nitrogens is 1. The van der Waals surface area contributed by atoms with Gasteiger partial charge >= 0.3 is 0 Å². The summed E-state index contributed by atoms with van der Waals surface area (Å²) in [4.78, 5) is 18.6. The van der Waals surface area contributed by atoms with Gasteiger partial charge in [0.05, 0.1) is 11.3 Å². The Hall–Kier alpha value is -2.25. The van der Waals surface area contributed by atoms with Crippen LogP contribution in [0.4, 0.5) is 0 Å². The maximum Gasteiger partial charge on any atom is 0.253 e. The number of carbonyl (C=O) groups is 1. The smallest absolute Gasteiger partial charge is 0.253 e. The predicted octanol–water partition coefficient (Wildman–Crippen LogP) is 0.644. The third kappa shape index (κ3) is 3.47. The van der Waals surface area contributed by atoms with Gasteiger partial charge in [-0.25, -0.2) is 0 Å². The zero-order valence-electron chi connectivity index (χ0n) is 14.0. The van der Waals surface area contributed by atoms with Gasteiger partial charge in [-0.2, -0.15) is 5.10 Å². The van der Waals surface area contributed by atoms with E-state index in [4.69, 9.17) is 0 Å². The third-order valence-electron chi connectivity index (χ3n) is 4.65. The maximum atomic E-state index is 12.3. The first-order valence-corrected chi connectivity index (χ1v) is 8.13. The molecule has 2 aromatic heterocycles. The van der Waals surface area contributed by atoms with Gasteiger partial charge in [-0.1, -0.05) is 0 Å². The van der Waals surface area contributed by atoms with Crippen molar-refractivity contribution in [3.63, 3.8) is 0 Å². The summed E-state index contributed by atoms with van der Waals surface area (Å²) in [5.41, 5.74) is 3.78. The second-order valence-corrected chi connectivity index (χ2v) is 6.37. The Kier molecular flexibility index (Phi) is 4.92. The topological polar surface area (TPSA) is 94.1 Å². The largest absolute Gasteiger partial charge is 0.396 e. The van der Waals surface area contributed by atoms with Crippen LogP contribution in [0.2, 0.25) is 0 Å². The van der Waals surface area contributed by atoms with Crippen LogP contribution in [-0.4, -0.2) is 56.8 Å². The molecule has 0 aromatic carbocycles. The standard InChI is InChI=1S/C17H23N5O2/c1-11-15(12(2)21-20-11)8-22-7-14(10-23)16(9-22)19-17(24)13-4-3-5-18-6-13/h3-6,14,16,23H,7-10H2,1-2H3,(H,19,24)(H,20,21)/t14-,16+/m0/s1. The molecule has 0 bridgehead atoms. The molecule has 128 valence electrons. The van der Waals surface area contributed by atoms with E-state index in [9.17, 15) is 9.90 Å². The summed E-state index contributed by atoms with van der Waals surface area (Å²) >= 11 is 0. The van der Waals surface area contributed by atoms with Crippen molar-refractivity contribution in [3.05, 3.63) is 47.0 Å². The maximum absolute atomic E-state index is 12.3. The number of aromatic amines is 1. The van der Waals surface area contributed by atoms with Crippen molar-refractivity contribution in [3.8, 4) is 0 Å². The highest BCUT2D eigenvalue weighted by Crippen LogP contribution is 2.21. The van der Waals surface area contributed by atoms with Crippen LogP contribution in [0.3, 0.4) is 0 Å². The highest BCUT2D eigenvalue weighted by Gasteiger charge is 2.34.